The lowest BCUT2D eigenvalue weighted by molar-refractivity contribution is -0.142. The van der Waals surface area contributed by atoms with Crippen LogP contribution in [0.2, 0.25) is 5.02 Å². The number of likely N-dealkylation sites (tertiary alicyclic amines) is 1. The van der Waals surface area contributed by atoms with Crippen LogP contribution >= 0.6 is 11.6 Å². The number of rotatable bonds is 4. The van der Waals surface area contributed by atoms with Crippen molar-refractivity contribution in [2.24, 2.45) is 11.8 Å². The lowest BCUT2D eigenvalue weighted by Crippen LogP contribution is -2.40. The summed E-state index contributed by atoms with van der Waals surface area (Å²) in [6.07, 6.45) is 5.15. The molecule has 1 aliphatic heterocycles. The number of nitrogens with zero attached hydrogens (tertiary/aromatic N) is 2. The fourth-order valence-corrected chi connectivity index (χ4v) is 3.48. The van der Waals surface area contributed by atoms with Gasteiger partial charge in [0.2, 0.25) is 11.8 Å². The van der Waals surface area contributed by atoms with Gasteiger partial charge in [0.05, 0.1) is 18.5 Å². The first-order chi connectivity index (χ1) is 11.0. The number of hydrogen-bond acceptors (Lipinski definition) is 3. The zero-order valence-corrected chi connectivity index (χ0v) is 13.6. The summed E-state index contributed by atoms with van der Waals surface area (Å²) in [4.78, 5) is 27.8. The molecule has 0 saturated carbocycles. The number of allylic oxidation sites excluding steroid dienone is 2. The lowest BCUT2D eigenvalue weighted by atomic mass is 9.85. The number of fused-ring (bicyclic) bond motifs is 1. The van der Waals surface area contributed by atoms with Crippen LogP contribution in [0.5, 0.6) is 0 Å². The van der Waals surface area contributed by atoms with E-state index in [-0.39, 0.29) is 42.7 Å². The van der Waals surface area contributed by atoms with Gasteiger partial charge in [-0.25, -0.2) is 4.39 Å². The Hall–Kier alpha value is -1.72. The third-order valence-electron chi connectivity index (χ3n) is 4.47. The minimum absolute atomic E-state index is 0.129. The van der Waals surface area contributed by atoms with Crippen molar-refractivity contribution in [2.45, 2.75) is 19.4 Å². The molecule has 1 aromatic rings. The van der Waals surface area contributed by atoms with Crippen LogP contribution in [-0.4, -0.2) is 35.3 Å². The van der Waals surface area contributed by atoms with Crippen molar-refractivity contribution in [2.75, 3.05) is 13.7 Å². The van der Waals surface area contributed by atoms with Crippen LogP contribution in [0.15, 0.2) is 30.4 Å². The molecule has 1 saturated heterocycles. The maximum atomic E-state index is 13.9. The topological polar surface area (TPSA) is 40.6 Å². The highest BCUT2D eigenvalue weighted by Crippen LogP contribution is 2.35. The summed E-state index contributed by atoms with van der Waals surface area (Å²) in [5.74, 6) is -1.12. The van der Waals surface area contributed by atoms with Gasteiger partial charge in [0, 0.05) is 17.1 Å². The maximum Gasteiger partial charge on any atom is 0.234 e. The first kappa shape index (κ1) is 16.1. The molecule has 1 fully saturated rings. The predicted octanol–water partition coefficient (Wildman–Crippen LogP) is 2.82. The Morgan fingerprint density at radius 2 is 1.83 bits per heavy atom. The van der Waals surface area contributed by atoms with Crippen LogP contribution in [0, 0.1) is 17.7 Å². The maximum absolute atomic E-state index is 13.9. The Balaban J connectivity index is 1.70. The predicted molar refractivity (Wildman–Crippen MR) is 85.0 cm³/mol. The van der Waals surface area contributed by atoms with E-state index in [0.717, 1.165) is 0 Å². The fraction of sp³-hybridized carbons (Fsp3) is 0.412. The van der Waals surface area contributed by atoms with Gasteiger partial charge in [-0.05, 0) is 32.0 Å². The van der Waals surface area contributed by atoms with Crippen molar-refractivity contribution in [3.63, 3.8) is 0 Å². The largest absolute Gasteiger partial charge is 0.284 e. The molecule has 1 heterocycles. The average molecular weight is 337 g/mol. The molecule has 2 amide bonds. The molecule has 2 aliphatic rings. The summed E-state index contributed by atoms with van der Waals surface area (Å²) in [5, 5.41) is 0.341. The van der Waals surface area contributed by atoms with Gasteiger partial charge in [0.15, 0.2) is 0 Å². The summed E-state index contributed by atoms with van der Waals surface area (Å²) >= 11 is 6.02. The van der Waals surface area contributed by atoms with Crippen molar-refractivity contribution in [3.05, 3.63) is 46.8 Å². The van der Waals surface area contributed by atoms with Crippen molar-refractivity contribution >= 4 is 23.4 Å². The van der Waals surface area contributed by atoms with E-state index in [1.165, 1.54) is 11.0 Å². The summed E-state index contributed by atoms with van der Waals surface area (Å²) < 4.78 is 13.9. The average Bonchev–Trinajstić information content (AvgIpc) is 2.77. The van der Waals surface area contributed by atoms with Gasteiger partial charge in [-0.1, -0.05) is 29.8 Å². The Bertz CT molecular complexity index is 630. The third kappa shape index (κ3) is 3.03. The van der Waals surface area contributed by atoms with E-state index in [1.54, 1.807) is 24.1 Å². The van der Waals surface area contributed by atoms with Gasteiger partial charge < -0.3 is 0 Å². The fourth-order valence-electron chi connectivity index (χ4n) is 3.25. The van der Waals surface area contributed by atoms with Crippen LogP contribution in [0.3, 0.4) is 0 Å². The third-order valence-corrected chi connectivity index (χ3v) is 4.83. The summed E-state index contributed by atoms with van der Waals surface area (Å²) in [6, 6.07) is 4.52. The number of halogens is 2. The smallest absolute Gasteiger partial charge is 0.234 e. The van der Waals surface area contributed by atoms with Gasteiger partial charge in [-0.15, -0.1) is 0 Å². The molecular weight excluding hydrogens is 319 g/mol. The van der Waals surface area contributed by atoms with E-state index >= 15 is 0 Å². The van der Waals surface area contributed by atoms with Gasteiger partial charge in [0.25, 0.3) is 0 Å². The second-order valence-corrected chi connectivity index (χ2v) is 6.52. The highest BCUT2D eigenvalue weighted by Gasteiger charge is 2.47. The van der Waals surface area contributed by atoms with E-state index in [0.29, 0.717) is 23.4 Å². The zero-order chi connectivity index (χ0) is 16.6. The molecule has 23 heavy (non-hydrogen) atoms. The Labute approximate surface area is 139 Å². The molecule has 0 unspecified atom stereocenters. The van der Waals surface area contributed by atoms with Crippen LogP contribution in [0.4, 0.5) is 4.39 Å². The van der Waals surface area contributed by atoms with Crippen molar-refractivity contribution in [1.29, 1.82) is 0 Å². The van der Waals surface area contributed by atoms with Crippen LogP contribution in [0.1, 0.15) is 18.4 Å². The number of benzene rings is 1. The first-order valence-corrected chi connectivity index (χ1v) is 7.98. The molecule has 1 aliphatic carbocycles. The number of amides is 2. The van der Waals surface area contributed by atoms with Crippen LogP contribution in [-0.2, 0) is 16.1 Å². The molecule has 4 nitrogen and oxygen atoms in total. The van der Waals surface area contributed by atoms with Crippen molar-refractivity contribution in [3.8, 4) is 0 Å². The molecule has 6 heteroatoms. The molecule has 0 bridgehead atoms. The van der Waals surface area contributed by atoms with Gasteiger partial charge in [-0.3, -0.25) is 19.4 Å². The monoisotopic (exact) mass is 336 g/mol. The van der Waals surface area contributed by atoms with Gasteiger partial charge >= 0.3 is 0 Å². The molecule has 0 N–H and O–H groups in total. The molecule has 3 rings (SSSR count). The molecule has 2 atom stereocenters. The number of carbonyl (C=O) groups is 2. The minimum atomic E-state index is -0.388. The Morgan fingerprint density at radius 3 is 2.39 bits per heavy atom. The Morgan fingerprint density at radius 1 is 1.22 bits per heavy atom. The minimum Gasteiger partial charge on any atom is -0.284 e. The van der Waals surface area contributed by atoms with Gasteiger partial charge in [0.1, 0.15) is 5.82 Å². The first-order valence-electron chi connectivity index (χ1n) is 7.60. The second kappa shape index (κ2) is 6.42. The van der Waals surface area contributed by atoms with E-state index in [2.05, 4.69) is 0 Å². The summed E-state index contributed by atoms with van der Waals surface area (Å²) in [7, 11) is 1.74. The van der Waals surface area contributed by atoms with E-state index in [4.69, 9.17) is 11.6 Å². The molecule has 0 radical (unpaired) electrons. The lowest BCUT2D eigenvalue weighted by Gasteiger charge is -2.23. The quantitative estimate of drug-likeness (QED) is 0.627. The molecule has 1 aromatic carbocycles. The highest BCUT2D eigenvalue weighted by molar-refractivity contribution is 6.31. The highest BCUT2D eigenvalue weighted by atomic mass is 35.5. The standard InChI is InChI=1S/C17H18ClFN2O2/c1-20(9-13-14(18)7-4-8-15(13)19)10-21-16(22)11-5-2-3-6-12(11)17(21)23/h2-4,7-8,11-12H,5-6,9-10H2,1H3/t11-,12+. The van der Waals surface area contributed by atoms with Gasteiger partial charge in [-0.2, -0.15) is 0 Å². The van der Waals surface area contributed by atoms with E-state index in [1.807, 2.05) is 12.2 Å². The molecule has 0 aromatic heterocycles. The number of imide groups is 1. The molecule has 0 spiro atoms. The van der Waals surface area contributed by atoms with Crippen molar-refractivity contribution in [1.82, 2.24) is 9.80 Å². The molecule has 122 valence electrons. The second-order valence-electron chi connectivity index (χ2n) is 6.12. The summed E-state index contributed by atoms with van der Waals surface area (Å²) in [5.41, 5.74) is 0.370. The normalized spacial score (nSPS) is 23.7. The number of hydrogen-bond donors (Lipinski definition) is 0. The van der Waals surface area contributed by atoms with Crippen LogP contribution < -0.4 is 0 Å². The van der Waals surface area contributed by atoms with Crippen molar-refractivity contribution < 1.29 is 14.0 Å². The Kier molecular flexibility index (Phi) is 4.50. The van der Waals surface area contributed by atoms with Crippen LogP contribution in [0.25, 0.3) is 0 Å². The van der Waals surface area contributed by atoms with E-state index in [9.17, 15) is 14.0 Å². The van der Waals surface area contributed by atoms with E-state index < -0.39 is 0 Å². The molecular formula is C17H18ClFN2O2. The summed E-state index contributed by atoms with van der Waals surface area (Å²) in [6.45, 7) is 0.380. The SMILES string of the molecule is CN(Cc1c(F)cccc1Cl)CN1C(=O)[C@H]2CC=CC[C@H]2C1=O. The zero-order valence-electron chi connectivity index (χ0n) is 12.8. The number of carbonyl (C=O) groups excluding carboxylic acids is 2.